The fourth-order valence-corrected chi connectivity index (χ4v) is 3.02. The highest BCUT2D eigenvalue weighted by atomic mass is 35.5. The van der Waals surface area contributed by atoms with Gasteiger partial charge in [-0.1, -0.05) is 35.6 Å². The lowest BCUT2D eigenvalue weighted by molar-refractivity contribution is -0.122. The second kappa shape index (κ2) is 5.65. The van der Waals surface area contributed by atoms with E-state index < -0.39 is 0 Å². The molecule has 3 rings (SSSR count). The topological polar surface area (TPSA) is 59.5 Å². The van der Waals surface area contributed by atoms with Gasteiger partial charge in [-0.25, -0.2) is 10.9 Å². The van der Waals surface area contributed by atoms with E-state index in [0.717, 1.165) is 22.3 Å². The quantitative estimate of drug-likeness (QED) is 0.392. The lowest BCUT2D eigenvalue weighted by atomic mass is 10.2. The molecule has 0 aliphatic carbocycles. The lowest BCUT2D eigenvalue weighted by Crippen LogP contribution is -2.34. The number of nitrogens with two attached hydrogens (primary N) is 1. The number of nitrogens with zero attached hydrogens (tertiary/aromatic N) is 1. The molecule has 0 unspecified atom stereocenters. The van der Waals surface area contributed by atoms with Crippen molar-refractivity contribution in [2.45, 2.75) is 0 Å². The molecule has 1 amide bonds. The fourth-order valence-electron chi connectivity index (χ4n) is 1.81. The number of thiocarbonyl (C=S) groups is 1. The van der Waals surface area contributed by atoms with E-state index >= 15 is 0 Å². The Bertz CT molecular complexity index is 753. The molecule has 2 N–H and O–H groups in total. The summed E-state index contributed by atoms with van der Waals surface area (Å²) in [4.78, 5) is 12.2. The molecule has 0 atom stereocenters. The van der Waals surface area contributed by atoms with Gasteiger partial charge in [0.1, 0.15) is 11.5 Å². The summed E-state index contributed by atoms with van der Waals surface area (Å²) in [5.41, 5.74) is 0.908. The van der Waals surface area contributed by atoms with Gasteiger partial charge in [0, 0.05) is 16.7 Å². The van der Waals surface area contributed by atoms with Crippen molar-refractivity contribution >= 4 is 51.9 Å². The number of hydrogen-bond donors (Lipinski definition) is 1. The van der Waals surface area contributed by atoms with Crippen molar-refractivity contribution in [2.24, 2.45) is 5.84 Å². The maximum absolute atomic E-state index is 11.8. The number of hydrogen-bond acceptors (Lipinski definition) is 5. The summed E-state index contributed by atoms with van der Waals surface area (Å²) in [5, 5.41) is 1.62. The van der Waals surface area contributed by atoms with Gasteiger partial charge >= 0.3 is 0 Å². The first-order valence-electron chi connectivity index (χ1n) is 5.93. The smallest absolute Gasteiger partial charge is 0.280 e. The van der Waals surface area contributed by atoms with Crippen LogP contribution in [0.15, 0.2) is 45.7 Å². The largest absolute Gasteiger partial charge is 0.457 e. The third-order valence-corrected chi connectivity index (χ3v) is 4.43. The van der Waals surface area contributed by atoms with Gasteiger partial charge in [0.05, 0.1) is 4.91 Å². The van der Waals surface area contributed by atoms with Gasteiger partial charge in [-0.15, -0.1) is 0 Å². The average Bonchev–Trinajstić information content (AvgIpc) is 3.02. The van der Waals surface area contributed by atoms with Crippen molar-refractivity contribution < 1.29 is 9.21 Å². The van der Waals surface area contributed by atoms with Crippen molar-refractivity contribution in [3.05, 3.63) is 52.1 Å². The predicted octanol–water partition coefficient (Wildman–Crippen LogP) is 3.67. The summed E-state index contributed by atoms with van der Waals surface area (Å²) in [5.74, 6) is 6.45. The second-order valence-corrected chi connectivity index (χ2v) is 6.37. The average molecular weight is 337 g/mol. The third kappa shape index (κ3) is 2.89. The maximum Gasteiger partial charge on any atom is 0.280 e. The first kappa shape index (κ1) is 14.3. The van der Waals surface area contributed by atoms with Crippen LogP contribution in [0.1, 0.15) is 5.76 Å². The molecule has 1 aliphatic rings. The van der Waals surface area contributed by atoms with Crippen molar-refractivity contribution in [2.75, 3.05) is 0 Å². The summed E-state index contributed by atoms with van der Waals surface area (Å²) in [6.45, 7) is 0. The van der Waals surface area contributed by atoms with Gasteiger partial charge in [0.15, 0.2) is 4.32 Å². The Morgan fingerprint density at radius 1 is 1.24 bits per heavy atom. The molecule has 1 fully saturated rings. The summed E-state index contributed by atoms with van der Waals surface area (Å²) < 4.78 is 6.03. The molecule has 1 aromatic carbocycles. The Labute approximate surface area is 135 Å². The number of benzene rings is 1. The highest BCUT2D eigenvalue weighted by Crippen LogP contribution is 2.32. The molecule has 0 bridgehead atoms. The molecule has 1 aromatic heterocycles. The minimum absolute atomic E-state index is 0.325. The predicted molar refractivity (Wildman–Crippen MR) is 88.4 cm³/mol. The van der Waals surface area contributed by atoms with E-state index in [-0.39, 0.29) is 5.91 Å². The van der Waals surface area contributed by atoms with E-state index in [9.17, 15) is 4.79 Å². The molecular weight excluding hydrogens is 328 g/mol. The molecule has 21 heavy (non-hydrogen) atoms. The van der Waals surface area contributed by atoms with E-state index in [2.05, 4.69) is 0 Å². The Balaban J connectivity index is 1.87. The van der Waals surface area contributed by atoms with Gasteiger partial charge in [0.2, 0.25) is 0 Å². The number of hydrazine groups is 1. The molecule has 1 saturated heterocycles. The van der Waals surface area contributed by atoms with Crippen LogP contribution in [0.5, 0.6) is 0 Å². The molecule has 1 aliphatic heterocycles. The second-order valence-electron chi connectivity index (χ2n) is 4.26. The summed E-state index contributed by atoms with van der Waals surface area (Å²) >= 11 is 12.0. The summed E-state index contributed by atoms with van der Waals surface area (Å²) in [7, 11) is 0. The van der Waals surface area contributed by atoms with Crippen LogP contribution >= 0.6 is 35.6 Å². The number of amides is 1. The molecule has 2 heterocycles. The van der Waals surface area contributed by atoms with Crippen LogP contribution in [0, 0.1) is 0 Å². The van der Waals surface area contributed by atoms with Gasteiger partial charge < -0.3 is 4.42 Å². The third-order valence-electron chi connectivity index (χ3n) is 2.85. The molecular formula is C14H9ClN2O2S2. The van der Waals surface area contributed by atoms with E-state index in [1.54, 1.807) is 24.3 Å². The van der Waals surface area contributed by atoms with Gasteiger partial charge in [-0.05, 0) is 36.4 Å². The number of rotatable bonds is 2. The maximum atomic E-state index is 11.8. The number of furan rings is 1. The standard InChI is InChI=1S/C14H9ClN2O2S2/c15-9-3-1-8(2-4-9)11-6-5-10(19-11)7-12-13(18)17(16)14(20)21-12/h1-7H,16H2/b12-7+. The number of thioether (sulfide) groups is 1. The molecule has 7 heteroatoms. The zero-order chi connectivity index (χ0) is 15.0. The van der Waals surface area contributed by atoms with Crippen LogP contribution in [-0.2, 0) is 4.79 Å². The van der Waals surface area contributed by atoms with E-state index in [1.165, 1.54) is 0 Å². The molecule has 2 aromatic rings. The first-order valence-corrected chi connectivity index (χ1v) is 7.53. The van der Waals surface area contributed by atoms with Crippen LogP contribution in [0.3, 0.4) is 0 Å². The lowest BCUT2D eigenvalue weighted by Gasteiger charge is -2.02. The zero-order valence-corrected chi connectivity index (χ0v) is 13.0. The Morgan fingerprint density at radius 2 is 1.95 bits per heavy atom. The van der Waals surface area contributed by atoms with Crippen LogP contribution in [0.2, 0.25) is 5.02 Å². The first-order chi connectivity index (χ1) is 10.0. The number of carbonyl (C=O) groups excluding carboxylic acids is 1. The summed E-state index contributed by atoms with van der Waals surface area (Å²) in [6, 6.07) is 10.9. The Morgan fingerprint density at radius 3 is 2.57 bits per heavy atom. The molecule has 4 nitrogen and oxygen atoms in total. The van der Waals surface area contributed by atoms with Crippen molar-refractivity contribution in [1.82, 2.24) is 5.01 Å². The van der Waals surface area contributed by atoms with E-state index in [0.29, 0.717) is 25.8 Å². The molecule has 0 saturated carbocycles. The van der Waals surface area contributed by atoms with Crippen molar-refractivity contribution in [3.8, 4) is 11.3 Å². The van der Waals surface area contributed by atoms with Crippen LogP contribution in [0.25, 0.3) is 17.4 Å². The highest BCUT2D eigenvalue weighted by Gasteiger charge is 2.29. The molecule has 106 valence electrons. The van der Waals surface area contributed by atoms with E-state index in [1.807, 2.05) is 18.2 Å². The summed E-state index contributed by atoms with van der Waals surface area (Å²) in [6.07, 6.45) is 1.63. The normalized spacial score (nSPS) is 17.0. The number of halogens is 1. The van der Waals surface area contributed by atoms with Crippen LogP contribution in [-0.4, -0.2) is 15.2 Å². The molecule has 0 radical (unpaired) electrons. The van der Waals surface area contributed by atoms with Gasteiger partial charge in [0.25, 0.3) is 5.91 Å². The Kier molecular flexibility index (Phi) is 3.86. The highest BCUT2D eigenvalue weighted by molar-refractivity contribution is 8.26. The van der Waals surface area contributed by atoms with Crippen molar-refractivity contribution in [3.63, 3.8) is 0 Å². The monoisotopic (exact) mass is 336 g/mol. The fraction of sp³-hybridized carbons (Fsp3) is 0. The number of carbonyl (C=O) groups is 1. The van der Waals surface area contributed by atoms with Crippen LogP contribution in [0.4, 0.5) is 0 Å². The SMILES string of the molecule is NN1C(=O)/C(=C\c2ccc(-c3ccc(Cl)cc3)o2)SC1=S. The minimum Gasteiger partial charge on any atom is -0.457 e. The van der Waals surface area contributed by atoms with Crippen LogP contribution < -0.4 is 5.84 Å². The van der Waals surface area contributed by atoms with Gasteiger partial charge in [-0.2, -0.15) is 0 Å². The Hall–Kier alpha value is -1.60. The molecule has 0 spiro atoms. The zero-order valence-electron chi connectivity index (χ0n) is 10.6. The van der Waals surface area contributed by atoms with Gasteiger partial charge in [-0.3, -0.25) is 4.79 Å². The van der Waals surface area contributed by atoms with Crippen molar-refractivity contribution in [1.29, 1.82) is 0 Å². The van der Waals surface area contributed by atoms with E-state index in [4.69, 9.17) is 34.1 Å². The minimum atomic E-state index is -0.325.